The summed E-state index contributed by atoms with van der Waals surface area (Å²) in [5.74, 6) is 1.64. The summed E-state index contributed by atoms with van der Waals surface area (Å²) in [6, 6.07) is 0. The van der Waals surface area contributed by atoms with E-state index in [4.69, 9.17) is 0 Å². The van der Waals surface area contributed by atoms with Gasteiger partial charge in [-0.3, -0.25) is 10.1 Å². The Kier molecular flexibility index (Phi) is 5.62. The Morgan fingerprint density at radius 2 is 2.17 bits per heavy atom. The molecule has 0 saturated heterocycles. The number of anilines is 1. The molecule has 9 heteroatoms. The summed E-state index contributed by atoms with van der Waals surface area (Å²) in [5, 5.41) is 21.3. The lowest BCUT2D eigenvalue weighted by Gasteiger charge is -2.11. The standard InChI is InChI=1S/C15H20N6OS2/c1-3-8-21-13(11-6-4-5-7-11)18-20-15(21)23-9-12(22)16-14-19-17-10(2)24-14/h3,11H,1,4-9H2,2H3,(H,16,19,22). The molecule has 2 aromatic rings. The van der Waals surface area contributed by atoms with Crippen LogP contribution in [0.25, 0.3) is 0 Å². The number of hydrogen-bond donors (Lipinski definition) is 1. The molecule has 3 rings (SSSR count). The Balaban J connectivity index is 1.63. The van der Waals surface area contributed by atoms with Crippen molar-refractivity contribution in [3.63, 3.8) is 0 Å². The van der Waals surface area contributed by atoms with Crippen molar-refractivity contribution in [2.45, 2.75) is 50.2 Å². The molecule has 0 aliphatic heterocycles. The van der Waals surface area contributed by atoms with Crippen molar-refractivity contribution in [1.29, 1.82) is 0 Å². The summed E-state index contributed by atoms with van der Waals surface area (Å²) < 4.78 is 2.08. The van der Waals surface area contributed by atoms with Gasteiger partial charge < -0.3 is 4.57 Å². The minimum atomic E-state index is -0.119. The van der Waals surface area contributed by atoms with Crippen LogP contribution in [0.2, 0.25) is 0 Å². The van der Waals surface area contributed by atoms with E-state index in [0.717, 1.165) is 28.8 Å². The van der Waals surface area contributed by atoms with Crippen LogP contribution < -0.4 is 5.32 Å². The molecule has 7 nitrogen and oxygen atoms in total. The van der Waals surface area contributed by atoms with Crippen LogP contribution in [0.1, 0.15) is 42.4 Å². The zero-order chi connectivity index (χ0) is 16.9. The fourth-order valence-electron chi connectivity index (χ4n) is 2.83. The van der Waals surface area contributed by atoms with Gasteiger partial charge in [0.05, 0.1) is 5.75 Å². The van der Waals surface area contributed by atoms with E-state index in [-0.39, 0.29) is 11.7 Å². The fourth-order valence-corrected chi connectivity index (χ4v) is 4.19. The van der Waals surface area contributed by atoms with Crippen LogP contribution in [0.15, 0.2) is 17.8 Å². The number of nitrogens with zero attached hydrogens (tertiary/aromatic N) is 5. The van der Waals surface area contributed by atoms with Crippen molar-refractivity contribution < 1.29 is 4.79 Å². The molecule has 0 unspecified atom stereocenters. The number of thioether (sulfide) groups is 1. The van der Waals surface area contributed by atoms with E-state index in [1.165, 1.54) is 35.9 Å². The molecule has 1 saturated carbocycles. The molecule has 0 atom stereocenters. The first-order chi connectivity index (χ1) is 11.7. The molecular weight excluding hydrogens is 344 g/mol. The molecule has 1 N–H and O–H groups in total. The van der Waals surface area contributed by atoms with Gasteiger partial charge in [0.15, 0.2) is 5.16 Å². The lowest BCUT2D eigenvalue weighted by molar-refractivity contribution is -0.113. The highest BCUT2D eigenvalue weighted by atomic mass is 32.2. The third kappa shape index (κ3) is 4.02. The lowest BCUT2D eigenvalue weighted by Crippen LogP contribution is -2.15. The van der Waals surface area contributed by atoms with E-state index in [9.17, 15) is 4.79 Å². The van der Waals surface area contributed by atoms with E-state index in [0.29, 0.717) is 17.6 Å². The predicted molar refractivity (Wildman–Crippen MR) is 95.4 cm³/mol. The monoisotopic (exact) mass is 364 g/mol. The van der Waals surface area contributed by atoms with Crippen molar-refractivity contribution >= 4 is 34.1 Å². The minimum absolute atomic E-state index is 0.119. The highest BCUT2D eigenvalue weighted by Gasteiger charge is 2.24. The third-order valence-corrected chi connectivity index (χ3v) is 5.60. The number of carbonyl (C=O) groups is 1. The lowest BCUT2D eigenvalue weighted by atomic mass is 10.1. The maximum atomic E-state index is 12.1. The van der Waals surface area contributed by atoms with Crippen LogP contribution in [0, 0.1) is 6.92 Å². The summed E-state index contributed by atoms with van der Waals surface area (Å²) in [5.41, 5.74) is 0. The Morgan fingerprint density at radius 1 is 1.38 bits per heavy atom. The summed E-state index contributed by atoms with van der Waals surface area (Å²) in [6.07, 6.45) is 6.67. The SMILES string of the molecule is C=CCn1c(SCC(=O)Nc2nnc(C)s2)nnc1C1CCCC1. The average molecular weight is 365 g/mol. The average Bonchev–Trinajstić information content (AvgIpc) is 3.27. The number of amides is 1. The number of allylic oxidation sites excluding steroid dienone is 1. The van der Waals surface area contributed by atoms with Crippen LogP contribution in [-0.2, 0) is 11.3 Å². The summed E-state index contributed by atoms with van der Waals surface area (Å²) in [4.78, 5) is 12.1. The van der Waals surface area contributed by atoms with E-state index in [1.807, 2.05) is 13.0 Å². The molecule has 2 heterocycles. The number of aromatic nitrogens is 5. The molecule has 1 amide bonds. The molecule has 0 spiro atoms. The maximum Gasteiger partial charge on any atom is 0.236 e. The van der Waals surface area contributed by atoms with Crippen molar-refractivity contribution in [2.75, 3.05) is 11.1 Å². The zero-order valence-corrected chi connectivity index (χ0v) is 15.2. The Labute approximate surface area is 149 Å². The van der Waals surface area contributed by atoms with Crippen molar-refractivity contribution in [1.82, 2.24) is 25.0 Å². The van der Waals surface area contributed by atoms with Crippen LogP contribution in [0.4, 0.5) is 5.13 Å². The maximum absolute atomic E-state index is 12.1. The van der Waals surface area contributed by atoms with Crippen LogP contribution in [-0.4, -0.2) is 36.6 Å². The van der Waals surface area contributed by atoms with Gasteiger partial charge in [0.25, 0.3) is 0 Å². The summed E-state index contributed by atoms with van der Waals surface area (Å²) in [7, 11) is 0. The highest BCUT2D eigenvalue weighted by molar-refractivity contribution is 7.99. The van der Waals surface area contributed by atoms with Crippen molar-refractivity contribution in [3.8, 4) is 0 Å². The number of aryl methyl sites for hydroxylation is 1. The third-order valence-electron chi connectivity index (χ3n) is 3.88. The van der Waals surface area contributed by atoms with Crippen LogP contribution >= 0.6 is 23.1 Å². The summed E-state index contributed by atoms with van der Waals surface area (Å²) in [6.45, 7) is 6.34. The normalized spacial score (nSPS) is 14.9. The molecule has 128 valence electrons. The van der Waals surface area contributed by atoms with Crippen LogP contribution in [0.3, 0.4) is 0 Å². The molecule has 24 heavy (non-hydrogen) atoms. The van der Waals surface area contributed by atoms with E-state index in [2.05, 4.69) is 36.9 Å². The number of hydrogen-bond acceptors (Lipinski definition) is 7. The van der Waals surface area contributed by atoms with E-state index in [1.54, 1.807) is 0 Å². The molecule has 1 aliphatic carbocycles. The molecular formula is C15H20N6OS2. The zero-order valence-electron chi connectivity index (χ0n) is 13.6. The quantitative estimate of drug-likeness (QED) is 0.600. The molecule has 2 aromatic heterocycles. The van der Waals surface area contributed by atoms with Gasteiger partial charge in [0.2, 0.25) is 11.0 Å². The topological polar surface area (TPSA) is 85.6 Å². The second kappa shape index (κ2) is 7.89. The van der Waals surface area contributed by atoms with Gasteiger partial charge in [-0.15, -0.1) is 27.0 Å². The largest absolute Gasteiger partial charge is 0.302 e. The minimum Gasteiger partial charge on any atom is -0.302 e. The number of nitrogens with one attached hydrogen (secondary N) is 1. The molecule has 0 aromatic carbocycles. The smallest absolute Gasteiger partial charge is 0.236 e. The van der Waals surface area contributed by atoms with Gasteiger partial charge in [0.1, 0.15) is 10.8 Å². The van der Waals surface area contributed by atoms with Gasteiger partial charge in [-0.2, -0.15) is 0 Å². The first-order valence-electron chi connectivity index (χ1n) is 7.94. The Bertz CT molecular complexity index is 719. The Morgan fingerprint density at radius 3 is 2.83 bits per heavy atom. The fraction of sp³-hybridized carbons (Fsp3) is 0.533. The molecule has 1 fully saturated rings. The molecule has 0 radical (unpaired) electrons. The van der Waals surface area contributed by atoms with Crippen molar-refractivity contribution in [2.24, 2.45) is 0 Å². The first-order valence-corrected chi connectivity index (χ1v) is 9.74. The predicted octanol–water partition coefficient (Wildman–Crippen LogP) is 3.01. The Hall–Kier alpha value is -1.74. The number of carbonyl (C=O) groups excluding carboxylic acids is 1. The molecule has 0 bridgehead atoms. The van der Waals surface area contributed by atoms with Gasteiger partial charge >= 0.3 is 0 Å². The second-order valence-electron chi connectivity index (χ2n) is 5.68. The first kappa shape index (κ1) is 17.1. The number of rotatable bonds is 7. The van der Waals surface area contributed by atoms with Gasteiger partial charge in [-0.05, 0) is 19.8 Å². The van der Waals surface area contributed by atoms with Crippen LogP contribution in [0.5, 0.6) is 0 Å². The molecule has 1 aliphatic rings. The van der Waals surface area contributed by atoms with Gasteiger partial charge in [-0.1, -0.05) is 42.0 Å². The van der Waals surface area contributed by atoms with E-state index < -0.39 is 0 Å². The second-order valence-corrected chi connectivity index (χ2v) is 7.81. The summed E-state index contributed by atoms with van der Waals surface area (Å²) >= 11 is 2.75. The van der Waals surface area contributed by atoms with Gasteiger partial charge in [0, 0.05) is 12.5 Å². The van der Waals surface area contributed by atoms with Gasteiger partial charge in [-0.25, -0.2) is 0 Å². The van der Waals surface area contributed by atoms with Crippen molar-refractivity contribution in [3.05, 3.63) is 23.5 Å². The highest BCUT2D eigenvalue weighted by Crippen LogP contribution is 2.34. The van der Waals surface area contributed by atoms with E-state index >= 15 is 0 Å².